The minimum Gasteiger partial charge on any atom is -0.316 e. The normalized spacial score (nSPS) is 19.0. The van der Waals surface area contributed by atoms with Crippen LogP contribution in [0.4, 0.5) is 0 Å². The maximum atomic E-state index is 12.4. The molecule has 1 fully saturated rings. The quantitative estimate of drug-likeness (QED) is 0.808. The van der Waals surface area contributed by atoms with Crippen molar-refractivity contribution in [2.24, 2.45) is 5.92 Å². The van der Waals surface area contributed by atoms with Crippen LogP contribution in [0.3, 0.4) is 0 Å². The molecule has 4 nitrogen and oxygen atoms in total. The molecular weight excluding hydrogens is 308 g/mol. The van der Waals surface area contributed by atoms with Gasteiger partial charge in [0, 0.05) is 6.54 Å². The zero-order valence-electron chi connectivity index (χ0n) is 12.4. The fourth-order valence-electron chi connectivity index (χ4n) is 2.63. The Balaban J connectivity index is 2.02. The molecule has 1 aliphatic rings. The molecule has 118 valence electrons. The zero-order valence-corrected chi connectivity index (χ0v) is 13.9. The lowest BCUT2D eigenvalue weighted by Crippen LogP contribution is -2.27. The summed E-state index contributed by atoms with van der Waals surface area (Å²) in [7, 11) is -3.53. The maximum absolute atomic E-state index is 12.4. The Hall–Kier alpha value is -0.620. The molecule has 2 rings (SSSR count). The van der Waals surface area contributed by atoms with E-state index in [4.69, 9.17) is 11.6 Å². The van der Waals surface area contributed by atoms with Crippen molar-refractivity contribution in [3.8, 4) is 0 Å². The lowest BCUT2D eigenvalue weighted by molar-refractivity contribution is 0.519. The van der Waals surface area contributed by atoms with Crippen molar-refractivity contribution in [3.63, 3.8) is 0 Å². The molecule has 1 aromatic rings. The highest BCUT2D eigenvalue weighted by atomic mass is 35.5. The van der Waals surface area contributed by atoms with Crippen LogP contribution in [-0.4, -0.2) is 28.1 Å². The number of rotatable bonds is 7. The third-order valence-electron chi connectivity index (χ3n) is 3.83. The second-order valence-electron chi connectivity index (χ2n) is 5.56. The highest BCUT2D eigenvalue weighted by Gasteiger charge is 2.20. The van der Waals surface area contributed by atoms with Gasteiger partial charge in [-0.2, -0.15) is 0 Å². The minimum absolute atomic E-state index is 0.194. The summed E-state index contributed by atoms with van der Waals surface area (Å²) in [6.45, 7) is 4.54. The topological polar surface area (TPSA) is 58.2 Å². The second-order valence-corrected chi connectivity index (χ2v) is 7.70. The van der Waals surface area contributed by atoms with Gasteiger partial charge < -0.3 is 5.32 Å². The molecule has 1 atom stereocenters. The zero-order chi connectivity index (χ0) is 15.3. The minimum atomic E-state index is -3.53. The van der Waals surface area contributed by atoms with Crippen LogP contribution in [-0.2, 0) is 16.4 Å². The number of hydrogen-bond donors (Lipinski definition) is 2. The van der Waals surface area contributed by atoms with Crippen molar-refractivity contribution in [1.29, 1.82) is 0 Å². The Kier molecular flexibility index (Phi) is 6.05. The molecule has 2 N–H and O–H groups in total. The standard InChI is InChI=1S/C15H23ClN2O2S/c1-2-3-12-4-5-14(16)15(10-12)21(19,20)18-9-7-13-6-8-17-11-13/h4-5,10,13,17-18H,2-3,6-9,11H2,1H3. The lowest BCUT2D eigenvalue weighted by Gasteiger charge is -2.12. The summed E-state index contributed by atoms with van der Waals surface area (Å²) in [5.74, 6) is 0.564. The van der Waals surface area contributed by atoms with E-state index in [1.54, 1.807) is 12.1 Å². The van der Waals surface area contributed by atoms with Crippen LogP contribution in [0.1, 0.15) is 31.7 Å². The monoisotopic (exact) mass is 330 g/mol. The number of halogens is 1. The predicted molar refractivity (Wildman–Crippen MR) is 86.2 cm³/mol. The first-order chi connectivity index (χ1) is 10.0. The molecule has 21 heavy (non-hydrogen) atoms. The Morgan fingerprint density at radius 2 is 2.24 bits per heavy atom. The Morgan fingerprint density at radius 3 is 2.90 bits per heavy atom. The molecule has 0 radical (unpaired) electrons. The summed E-state index contributed by atoms with van der Waals surface area (Å²) in [4.78, 5) is 0.194. The van der Waals surface area contributed by atoms with Gasteiger partial charge in [0.2, 0.25) is 10.0 Å². The van der Waals surface area contributed by atoms with E-state index in [2.05, 4.69) is 17.0 Å². The van der Waals surface area contributed by atoms with Gasteiger partial charge in [0.05, 0.1) is 5.02 Å². The fourth-order valence-corrected chi connectivity index (χ4v) is 4.23. The molecule has 1 aliphatic heterocycles. The third kappa shape index (κ3) is 4.68. The summed E-state index contributed by atoms with van der Waals surface area (Å²) in [6, 6.07) is 5.24. The predicted octanol–water partition coefficient (Wildman–Crippen LogP) is 2.57. The molecule has 0 spiro atoms. The van der Waals surface area contributed by atoms with Crippen molar-refractivity contribution < 1.29 is 8.42 Å². The second kappa shape index (κ2) is 7.58. The molecule has 1 heterocycles. The van der Waals surface area contributed by atoms with E-state index in [9.17, 15) is 8.42 Å². The molecule has 0 saturated carbocycles. The highest BCUT2D eigenvalue weighted by molar-refractivity contribution is 7.89. The van der Waals surface area contributed by atoms with Gasteiger partial charge in [-0.25, -0.2) is 13.1 Å². The van der Waals surface area contributed by atoms with Gasteiger partial charge in [0.25, 0.3) is 0 Å². The number of benzene rings is 1. The van der Waals surface area contributed by atoms with E-state index in [0.717, 1.165) is 44.3 Å². The van der Waals surface area contributed by atoms with Crippen LogP contribution in [0.2, 0.25) is 5.02 Å². The van der Waals surface area contributed by atoms with Crippen LogP contribution in [0.15, 0.2) is 23.1 Å². The Bertz CT molecular complexity index is 569. The van der Waals surface area contributed by atoms with Crippen molar-refractivity contribution in [2.75, 3.05) is 19.6 Å². The van der Waals surface area contributed by atoms with Crippen molar-refractivity contribution in [2.45, 2.75) is 37.5 Å². The summed E-state index contributed by atoms with van der Waals surface area (Å²) < 4.78 is 27.4. The SMILES string of the molecule is CCCc1ccc(Cl)c(S(=O)(=O)NCCC2CCNC2)c1. The van der Waals surface area contributed by atoms with Crippen LogP contribution < -0.4 is 10.0 Å². The Morgan fingerprint density at radius 1 is 1.43 bits per heavy atom. The van der Waals surface area contributed by atoms with Gasteiger partial charge in [-0.05, 0) is 56.0 Å². The summed E-state index contributed by atoms with van der Waals surface area (Å²) in [6.07, 6.45) is 3.81. The van der Waals surface area contributed by atoms with Gasteiger partial charge in [-0.1, -0.05) is 31.0 Å². The van der Waals surface area contributed by atoms with Gasteiger partial charge in [0.1, 0.15) is 4.90 Å². The molecule has 0 bridgehead atoms. The van der Waals surface area contributed by atoms with E-state index in [1.165, 1.54) is 0 Å². The first-order valence-corrected chi connectivity index (χ1v) is 9.38. The lowest BCUT2D eigenvalue weighted by atomic mass is 10.1. The number of sulfonamides is 1. The first-order valence-electron chi connectivity index (χ1n) is 7.51. The number of hydrogen-bond acceptors (Lipinski definition) is 3. The van der Waals surface area contributed by atoms with Crippen LogP contribution >= 0.6 is 11.6 Å². The van der Waals surface area contributed by atoms with Crippen molar-refractivity contribution >= 4 is 21.6 Å². The molecule has 1 saturated heterocycles. The average Bonchev–Trinajstić information content (AvgIpc) is 2.94. The molecule has 0 amide bonds. The molecule has 6 heteroatoms. The Labute approximate surface area is 132 Å². The summed E-state index contributed by atoms with van der Waals surface area (Å²) >= 11 is 6.06. The average molecular weight is 331 g/mol. The highest BCUT2D eigenvalue weighted by Crippen LogP contribution is 2.23. The van der Waals surface area contributed by atoms with Gasteiger partial charge >= 0.3 is 0 Å². The van der Waals surface area contributed by atoms with E-state index in [-0.39, 0.29) is 9.92 Å². The van der Waals surface area contributed by atoms with Crippen molar-refractivity contribution in [3.05, 3.63) is 28.8 Å². The molecule has 0 aromatic heterocycles. The number of nitrogens with one attached hydrogen (secondary N) is 2. The summed E-state index contributed by atoms with van der Waals surface area (Å²) in [5.41, 5.74) is 1.00. The van der Waals surface area contributed by atoms with Gasteiger partial charge in [-0.3, -0.25) is 0 Å². The van der Waals surface area contributed by atoms with E-state index >= 15 is 0 Å². The number of aryl methyl sites for hydroxylation is 1. The van der Waals surface area contributed by atoms with Crippen LogP contribution in [0.25, 0.3) is 0 Å². The van der Waals surface area contributed by atoms with Gasteiger partial charge in [0.15, 0.2) is 0 Å². The first kappa shape index (κ1) is 16.7. The fraction of sp³-hybridized carbons (Fsp3) is 0.600. The van der Waals surface area contributed by atoms with Crippen molar-refractivity contribution in [1.82, 2.24) is 10.0 Å². The summed E-state index contributed by atoms with van der Waals surface area (Å²) in [5, 5.41) is 3.57. The maximum Gasteiger partial charge on any atom is 0.242 e. The van der Waals surface area contributed by atoms with E-state index in [1.807, 2.05) is 6.07 Å². The largest absolute Gasteiger partial charge is 0.316 e. The van der Waals surface area contributed by atoms with Crippen LogP contribution in [0.5, 0.6) is 0 Å². The van der Waals surface area contributed by atoms with Gasteiger partial charge in [-0.15, -0.1) is 0 Å². The third-order valence-corrected chi connectivity index (χ3v) is 5.77. The van der Waals surface area contributed by atoms with Crippen LogP contribution in [0, 0.1) is 5.92 Å². The molecule has 1 aromatic carbocycles. The van der Waals surface area contributed by atoms with E-state index in [0.29, 0.717) is 12.5 Å². The smallest absolute Gasteiger partial charge is 0.242 e. The molecular formula is C15H23ClN2O2S. The molecule has 0 aliphatic carbocycles. The van der Waals surface area contributed by atoms with E-state index < -0.39 is 10.0 Å². The molecule has 1 unspecified atom stereocenters.